The number of ether oxygens (including phenoxy) is 1. The van der Waals surface area contributed by atoms with Gasteiger partial charge in [0.25, 0.3) is 0 Å². The summed E-state index contributed by atoms with van der Waals surface area (Å²) in [5.74, 6) is 2.36. The van der Waals surface area contributed by atoms with E-state index in [1.165, 1.54) is 19.3 Å². The van der Waals surface area contributed by atoms with E-state index in [-0.39, 0.29) is 0 Å². The van der Waals surface area contributed by atoms with Crippen molar-refractivity contribution in [2.24, 2.45) is 16.3 Å². The highest BCUT2D eigenvalue weighted by atomic mass is 16.5. The molecule has 2 aliphatic carbocycles. The number of aromatic nitrogens is 3. The standard InChI is InChI=1S/C18H24N6O/c1-19-17(20-11-14-23-22-13-5-2-3-9-24(13)14)21-15-12-6-10-25-16(12)18(15)7-4-8-18/h2-3,5,9,12,15-16H,4,6-8,10-11H2,1H3,(H2,19,20,21). The second-order valence-electron chi connectivity index (χ2n) is 7.42. The third kappa shape index (κ3) is 2.18. The normalized spacial score (nSPS) is 30.0. The SMILES string of the molecule is CN=C(NCc1nnc2ccccn12)NC1C2CCOC2C12CCC2. The number of fused-ring (bicyclic) bond motifs is 3. The number of nitrogens with one attached hydrogen (secondary N) is 2. The van der Waals surface area contributed by atoms with Crippen molar-refractivity contribution in [3.05, 3.63) is 30.2 Å². The fraction of sp³-hybridized carbons (Fsp3) is 0.611. The fourth-order valence-electron chi connectivity index (χ4n) is 4.97. The summed E-state index contributed by atoms with van der Waals surface area (Å²) in [7, 11) is 1.83. The lowest BCUT2D eigenvalue weighted by molar-refractivity contribution is -0.171. The molecule has 132 valence electrons. The number of guanidine groups is 1. The molecule has 1 spiro atoms. The number of pyridine rings is 1. The molecule has 25 heavy (non-hydrogen) atoms. The van der Waals surface area contributed by atoms with E-state index < -0.39 is 0 Å². The minimum Gasteiger partial charge on any atom is -0.377 e. The largest absolute Gasteiger partial charge is 0.377 e. The Morgan fingerprint density at radius 3 is 3.12 bits per heavy atom. The molecule has 3 fully saturated rings. The van der Waals surface area contributed by atoms with E-state index in [9.17, 15) is 0 Å². The van der Waals surface area contributed by atoms with Gasteiger partial charge in [0.05, 0.1) is 12.6 Å². The van der Waals surface area contributed by atoms with Gasteiger partial charge in [-0.1, -0.05) is 12.5 Å². The Bertz CT molecular complexity index is 811. The van der Waals surface area contributed by atoms with Gasteiger partial charge in [-0.2, -0.15) is 0 Å². The Kier molecular flexibility index (Phi) is 3.45. The van der Waals surface area contributed by atoms with E-state index in [4.69, 9.17) is 4.74 Å². The molecule has 0 amide bonds. The monoisotopic (exact) mass is 340 g/mol. The topological polar surface area (TPSA) is 75.8 Å². The average Bonchev–Trinajstić information content (AvgIpc) is 3.19. The minimum absolute atomic E-state index is 0.348. The molecule has 0 bridgehead atoms. The van der Waals surface area contributed by atoms with Crippen LogP contribution in [0.3, 0.4) is 0 Å². The van der Waals surface area contributed by atoms with Crippen LogP contribution in [-0.2, 0) is 11.3 Å². The highest BCUT2D eigenvalue weighted by Gasteiger charge is 2.66. The second-order valence-corrected chi connectivity index (χ2v) is 7.42. The first-order chi connectivity index (χ1) is 12.3. The molecule has 7 nitrogen and oxygen atoms in total. The van der Waals surface area contributed by atoms with Crippen molar-refractivity contribution >= 4 is 11.6 Å². The van der Waals surface area contributed by atoms with Crippen molar-refractivity contribution < 1.29 is 4.74 Å². The van der Waals surface area contributed by atoms with Gasteiger partial charge in [0.15, 0.2) is 17.4 Å². The Morgan fingerprint density at radius 1 is 1.40 bits per heavy atom. The first-order valence-electron chi connectivity index (χ1n) is 9.19. The van der Waals surface area contributed by atoms with Crippen LogP contribution < -0.4 is 10.6 Å². The van der Waals surface area contributed by atoms with Gasteiger partial charge in [-0.15, -0.1) is 10.2 Å². The Hall–Kier alpha value is -2.15. The van der Waals surface area contributed by atoms with Crippen LogP contribution in [-0.4, -0.2) is 46.4 Å². The maximum absolute atomic E-state index is 6.00. The van der Waals surface area contributed by atoms with Crippen LogP contribution in [0.25, 0.3) is 5.65 Å². The lowest BCUT2D eigenvalue weighted by Crippen LogP contribution is -2.72. The van der Waals surface area contributed by atoms with E-state index >= 15 is 0 Å². The molecule has 2 aromatic heterocycles. The lowest BCUT2D eigenvalue weighted by Gasteiger charge is -2.63. The van der Waals surface area contributed by atoms with Gasteiger partial charge in [-0.05, 0) is 31.4 Å². The summed E-state index contributed by atoms with van der Waals surface area (Å²) >= 11 is 0. The van der Waals surface area contributed by atoms with Crippen molar-refractivity contribution in [2.75, 3.05) is 13.7 Å². The average molecular weight is 340 g/mol. The summed E-state index contributed by atoms with van der Waals surface area (Å²) in [6.07, 6.45) is 7.49. The van der Waals surface area contributed by atoms with Crippen molar-refractivity contribution in [3.63, 3.8) is 0 Å². The summed E-state index contributed by atoms with van der Waals surface area (Å²) in [6, 6.07) is 6.40. The van der Waals surface area contributed by atoms with Gasteiger partial charge >= 0.3 is 0 Å². The zero-order valence-electron chi connectivity index (χ0n) is 14.5. The number of hydrogen-bond donors (Lipinski definition) is 2. The summed E-state index contributed by atoms with van der Waals surface area (Å²) < 4.78 is 8.00. The van der Waals surface area contributed by atoms with Crippen molar-refractivity contribution in [2.45, 2.75) is 44.4 Å². The fourth-order valence-corrected chi connectivity index (χ4v) is 4.97. The summed E-state index contributed by atoms with van der Waals surface area (Å²) in [4.78, 5) is 4.42. The molecular formula is C18H24N6O. The lowest BCUT2D eigenvalue weighted by atomic mass is 9.46. The molecule has 2 aromatic rings. The molecule has 3 unspecified atom stereocenters. The molecule has 3 heterocycles. The van der Waals surface area contributed by atoms with E-state index in [0.717, 1.165) is 30.5 Å². The minimum atomic E-state index is 0.348. The molecule has 7 heteroatoms. The predicted octanol–water partition coefficient (Wildman–Crippen LogP) is 1.35. The van der Waals surface area contributed by atoms with E-state index in [1.807, 2.05) is 35.8 Å². The number of nitrogens with zero attached hydrogens (tertiary/aromatic N) is 4. The highest BCUT2D eigenvalue weighted by Crippen LogP contribution is 2.62. The van der Waals surface area contributed by atoms with E-state index in [2.05, 4.69) is 25.8 Å². The smallest absolute Gasteiger partial charge is 0.191 e. The first kappa shape index (κ1) is 15.1. The Labute approximate surface area is 146 Å². The molecule has 5 rings (SSSR count). The molecule has 2 N–H and O–H groups in total. The third-order valence-corrected chi connectivity index (χ3v) is 6.35. The van der Waals surface area contributed by atoms with Crippen LogP contribution in [0.2, 0.25) is 0 Å². The van der Waals surface area contributed by atoms with Crippen LogP contribution in [0, 0.1) is 11.3 Å². The highest BCUT2D eigenvalue weighted by molar-refractivity contribution is 5.80. The number of aliphatic imine (C=N–C) groups is 1. The van der Waals surface area contributed by atoms with Gasteiger partial charge in [0.1, 0.15) is 0 Å². The molecule has 0 aromatic carbocycles. The first-order valence-corrected chi connectivity index (χ1v) is 9.19. The maximum atomic E-state index is 6.00. The molecular weight excluding hydrogens is 316 g/mol. The zero-order chi connectivity index (χ0) is 16.9. The molecule has 0 radical (unpaired) electrons. The molecule has 3 atom stereocenters. The van der Waals surface area contributed by atoms with Crippen LogP contribution in [0.5, 0.6) is 0 Å². The van der Waals surface area contributed by atoms with Gasteiger partial charge in [-0.25, -0.2) is 0 Å². The maximum Gasteiger partial charge on any atom is 0.191 e. The molecule has 1 saturated heterocycles. The second kappa shape index (κ2) is 5.69. The van der Waals surface area contributed by atoms with Crippen molar-refractivity contribution in [1.29, 1.82) is 0 Å². The summed E-state index contributed by atoms with van der Waals surface area (Å²) in [5, 5.41) is 15.6. The number of hydrogen-bond acceptors (Lipinski definition) is 4. The molecule has 1 aliphatic heterocycles. The predicted molar refractivity (Wildman–Crippen MR) is 94.2 cm³/mol. The van der Waals surface area contributed by atoms with Crippen molar-refractivity contribution in [3.8, 4) is 0 Å². The summed E-state index contributed by atoms with van der Waals surface area (Å²) in [5.41, 5.74) is 1.21. The Balaban J connectivity index is 1.27. The quantitative estimate of drug-likeness (QED) is 0.652. The van der Waals surface area contributed by atoms with Crippen LogP contribution in [0.15, 0.2) is 29.4 Å². The zero-order valence-corrected chi connectivity index (χ0v) is 14.5. The van der Waals surface area contributed by atoms with E-state index in [1.54, 1.807) is 0 Å². The van der Waals surface area contributed by atoms with Gasteiger partial charge < -0.3 is 15.4 Å². The van der Waals surface area contributed by atoms with Crippen LogP contribution in [0.4, 0.5) is 0 Å². The molecule has 3 aliphatic rings. The molecule has 2 saturated carbocycles. The summed E-state index contributed by atoms with van der Waals surface area (Å²) in [6.45, 7) is 1.50. The van der Waals surface area contributed by atoms with Gasteiger partial charge in [-0.3, -0.25) is 9.39 Å². The van der Waals surface area contributed by atoms with Gasteiger partial charge in [0, 0.05) is 37.2 Å². The van der Waals surface area contributed by atoms with Crippen LogP contribution in [0.1, 0.15) is 31.5 Å². The van der Waals surface area contributed by atoms with Gasteiger partial charge in [0.2, 0.25) is 0 Å². The van der Waals surface area contributed by atoms with Crippen LogP contribution >= 0.6 is 0 Å². The number of rotatable bonds is 3. The van der Waals surface area contributed by atoms with E-state index in [0.29, 0.717) is 30.0 Å². The Morgan fingerprint density at radius 2 is 2.32 bits per heavy atom. The third-order valence-electron chi connectivity index (χ3n) is 6.35. The van der Waals surface area contributed by atoms with Crippen molar-refractivity contribution in [1.82, 2.24) is 25.2 Å².